The number of nitrogens with zero attached hydrogens (tertiary/aromatic N) is 3. The highest BCUT2D eigenvalue weighted by atomic mass is 31.2. The zero-order chi connectivity index (χ0) is 22.7. The topological polar surface area (TPSA) is 67.2 Å². The third kappa shape index (κ3) is 10.6. The van der Waals surface area contributed by atoms with Gasteiger partial charge in [-0.15, -0.1) is 0 Å². The Hall–Kier alpha value is -1.53. The van der Waals surface area contributed by atoms with Crippen molar-refractivity contribution < 1.29 is 14.6 Å². The molecule has 0 amide bonds. The maximum absolute atomic E-state index is 13.2. The van der Waals surface area contributed by atoms with Gasteiger partial charge in [0.25, 0.3) is 0 Å². The van der Waals surface area contributed by atoms with E-state index in [1.54, 1.807) is 6.92 Å². The van der Waals surface area contributed by atoms with Gasteiger partial charge in [0.05, 0.1) is 18.7 Å². The Morgan fingerprint density at radius 1 is 0.871 bits per heavy atom. The van der Waals surface area contributed by atoms with E-state index < -0.39 is 7.37 Å². The van der Waals surface area contributed by atoms with Crippen LogP contribution in [0.5, 0.6) is 0 Å². The van der Waals surface area contributed by atoms with Gasteiger partial charge in [-0.1, -0.05) is 67.6 Å². The summed E-state index contributed by atoms with van der Waals surface area (Å²) in [5.74, 6) is 0. The third-order valence-electron chi connectivity index (χ3n) is 5.16. The first-order chi connectivity index (χ1) is 14.8. The normalized spacial score (nSPS) is 14.8. The molecular formula is C24H38N3O3P. The molecule has 2 aromatic carbocycles. The van der Waals surface area contributed by atoms with E-state index in [2.05, 4.69) is 29.2 Å². The molecule has 0 aliphatic heterocycles. The molecule has 0 aliphatic rings. The minimum Gasteiger partial charge on any atom is -0.392 e. The number of aliphatic hydroxyl groups is 1. The van der Waals surface area contributed by atoms with Gasteiger partial charge in [0.1, 0.15) is 0 Å². The van der Waals surface area contributed by atoms with Crippen LogP contribution in [0.2, 0.25) is 0 Å². The van der Waals surface area contributed by atoms with Crippen LogP contribution < -0.4 is 0 Å². The molecule has 0 heterocycles. The van der Waals surface area contributed by atoms with Crippen molar-refractivity contribution in [2.75, 3.05) is 45.8 Å². The van der Waals surface area contributed by atoms with E-state index in [-0.39, 0.29) is 18.7 Å². The summed E-state index contributed by atoms with van der Waals surface area (Å²) in [5, 5.41) is 9.53. The molecule has 2 aromatic rings. The molecule has 0 fully saturated rings. The van der Waals surface area contributed by atoms with Crippen molar-refractivity contribution in [2.45, 2.75) is 33.0 Å². The summed E-state index contributed by atoms with van der Waals surface area (Å²) in [5.41, 5.74) is 2.26. The minimum atomic E-state index is -3.40. The second-order valence-corrected chi connectivity index (χ2v) is 10.7. The van der Waals surface area contributed by atoms with Gasteiger partial charge in [-0.25, -0.2) is 0 Å². The third-order valence-corrected chi connectivity index (χ3v) is 6.84. The monoisotopic (exact) mass is 447 g/mol. The first kappa shape index (κ1) is 25.7. The predicted molar refractivity (Wildman–Crippen MR) is 128 cm³/mol. The van der Waals surface area contributed by atoms with Crippen LogP contribution in [-0.2, 0) is 17.7 Å². The molecule has 0 saturated heterocycles. The van der Waals surface area contributed by atoms with Crippen LogP contribution in [0.4, 0.5) is 0 Å². The van der Waals surface area contributed by atoms with Gasteiger partial charge in [0, 0.05) is 32.7 Å². The van der Waals surface area contributed by atoms with Gasteiger partial charge in [-0.3, -0.25) is 14.4 Å². The zero-order valence-electron chi connectivity index (χ0n) is 19.1. The zero-order valence-corrected chi connectivity index (χ0v) is 20.0. The average molecular weight is 448 g/mol. The molecule has 0 saturated carbocycles. The Morgan fingerprint density at radius 3 is 1.81 bits per heavy atom. The number of likely N-dealkylation sites (N-methyl/N-ethyl adjacent to an activating group) is 2. The van der Waals surface area contributed by atoms with Crippen molar-refractivity contribution in [3.05, 3.63) is 71.8 Å². The first-order valence-electron chi connectivity index (χ1n) is 11.0. The van der Waals surface area contributed by atoms with Gasteiger partial charge < -0.3 is 14.9 Å². The molecule has 0 bridgehead atoms. The summed E-state index contributed by atoms with van der Waals surface area (Å²) >= 11 is 0. The lowest BCUT2D eigenvalue weighted by Crippen LogP contribution is -2.37. The van der Waals surface area contributed by atoms with Crippen LogP contribution in [0.25, 0.3) is 0 Å². The van der Waals surface area contributed by atoms with Crippen LogP contribution >= 0.6 is 7.37 Å². The van der Waals surface area contributed by atoms with E-state index in [1.165, 1.54) is 0 Å². The van der Waals surface area contributed by atoms with Gasteiger partial charge in [0.2, 0.25) is 7.37 Å². The molecule has 172 valence electrons. The quantitative estimate of drug-likeness (QED) is 0.432. The molecule has 0 aliphatic carbocycles. The molecule has 6 nitrogen and oxygen atoms in total. The summed E-state index contributed by atoms with van der Waals surface area (Å²) in [6, 6.07) is 20.2. The smallest absolute Gasteiger partial charge is 0.227 e. The number of benzene rings is 2. The van der Waals surface area contributed by atoms with Crippen molar-refractivity contribution in [3.8, 4) is 0 Å². The van der Waals surface area contributed by atoms with Crippen molar-refractivity contribution in [2.24, 2.45) is 0 Å². The van der Waals surface area contributed by atoms with Gasteiger partial charge in [-0.05, 0) is 31.6 Å². The molecule has 1 unspecified atom stereocenters. The molecule has 2 rings (SSSR count). The molecule has 0 spiro atoms. The predicted octanol–water partition coefficient (Wildman–Crippen LogP) is 3.51. The number of rotatable bonds is 14. The summed E-state index contributed by atoms with van der Waals surface area (Å²) in [7, 11) is -1.44. The van der Waals surface area contributed by atoms with Crippen LogP contribution in [0, 0.1) is 0 Å². The highest BCUT2D eigenvalue weighted by Crippen LogP contribution is 2.42. The summed E-state index contributed by atoms with van der Waals surface area (Å²) in [4.78, 5) is 17.0. The molecule has 2 atom stereocenters. The Labute approximate surface area is 187 Å². The SMILES string of the molecule is CCN(CCN(C)C[C@H](C)O)CP(=O)(O)CN(Cc1ccccc1)Cc1ccccc1. The van der Waals surface area contributed by atoms with E-state index in [9.17, 15) is 14.6 Å². The Balaban J connectivity index is 2.01. The minimum absolute atomic E-state index is 0.150. The van der Waals surface area contributed by atoms with Crippen LogP contribution in [0.3, 0.4) is 0 Å². The second kappa shape index (κ2) is 13.1. The standard InChI is InChI=1S/C24H38N3O3P/c1-4-26(16-15-25(3)17-22(2)28)20-31(29,30)21-27(18-23-11-7-5-8-12-23)19-24-13-9-6-10-14-24/h5-14,22,28H,4,15-21H2,1-3H3,(H,29,30)/t22-/m0/s1. The molecular weight excluding hydrogens is 409 g/mol. The van der Waals surface area contributed by atoms with E-state index in [1.807, 2.05) is 60.2 Å². The number of hydrogen-bond donors (Lipinski definition) is 2. The Bertz CT molecular complexity index is 748. The van der Waals surface area contributed by atoms with Crippen molar-refractivity contribution in [3.63, 3.8) is 0 Å². The number of aliphatic hydroxyl groups excluding tert-OH is 1. The molecule has 0 radical (unpaired) electrons. The van der Waals surface area contributed by atoms with E-state index in [4.69, 9.17) is 0 Å². The second-order valence-electron chi connectivity index (χ2n) is 8.41. The van der Waals surface area contributed by atoms with Gasteiger partial charge in [-0.2, -0.15) is 0 Å². The summed E-state index contributed by atoms with van der Waals surface area (Å²) < 4.78 is 13.2. The largest absolute Gasteiger partial charge is 0.392 e. The van der Waals surface area contributed by atoms with Crippen molar-refractivity contribution in [1.29, 1.82) is 0 Å². The molecule has 0 aromatic heterocycles. The lowest BCUT2D eigenvalue weighted by molar-refractivity contribution is 0.134. The maximum Gasteiger partial charge on any atom is 0.227 e. The van der Waals surface area contributed by atoms with E-state index in [0.717, 1.165) is 17.7 Å². The highest BCUT2D eigenvalue weighted by molar-refractivity contribution is 7.57. The molecule has 7 heteroatoms. The molecule has 31 heavy (non-hydrogen) atoms. The van der Waals surface area contributed by atoms with Crippen molar-refractivity contribution in [1.82, 2.24) is 14.7 Å². The van der Waals surface area contributed by atoms with Crippen LogP contribution in [0.1, 0.15) is 25.0 Å². The average Bonchev–Trinajstić information content (AvgIpc) is 2.71. The number of hydrogen-bond acceptors (Lipinski definition) is 5. The lowest BCUT2D eigenvalue weighted by atomic mass is 10.2. The fourth-order valence-electron chi connectivity index (χ4n) is 3.69. The van der Waals surface area contributed by atoms with E-state index in [0.29, 0.717) is 32.7 Å². The fraction of sp³-hybridized carbons (Fsp3) is 0.500. The first-order valence-corrected chi connectivity index (χ1v) is 13.0. The van der Waals surface area contributed by atoms with Gasteiger partial charge >= 0.3 is 0 Å². The molecule has 2 N–H and O–H groups in total. The maximum atomic E-state index is 13.2. The van der Waals surface area contributed by atoms with Crippen molar-refractivity contribution >= 4 is 7.37 Å². The highest BCUT2D eigenvalue weighted by Gasteiger charge is 2.25. The van der Waals surface area contributed by atoms with Crippen LogP contribution in [0.15, 0.2) is 60.7 Å². The fourth-order valence-corrected chi connectivity index (χ4v) is 5.57. The van der Waals surface area contributed by atoms with Gasteiger partial charge in [0.15, 0.2) is 0 Å². The summed E-state index contributed by atoms with van der Waals surface area (Å²) in [6.45, 7) is 7.79. The van der Waals surface area contributed by atoms with E-state index >= 15 is 0 Å². The summed E-state index contributed by atoms with van der Waals surface area (Å²) in [6.07, 6.45) is -0.0587. The Morgan fingerprint density at radius 2 is 1.35 bits per heavy atom. The lowest BCUT2D eigenvalue weighted by Gasteiger charge is -2.30. The van der Waals surface area contributed by atoms with Crippen LogP contribution in [-0.4, -0.2) is 76.6 Å². The Kier molecular flexibility index (Phi) is 10.9.